The van der Waals surface area contributed by atoms with Crippen molar-refractivity contribution in [2.24, 2.45) is 0 Å². The molecule has 1 fully saturated rings. The Morgan fingerprint density at radius 1 is 0.946 bits per heavy atom. The van der Waals surface area contributed by atoms with Crippen LogP contribution in [0.1, 0.15) is 29.8 Å². The number of anilines is 1. The van der Waals surface area contributed by atoms with Crippen LogP contribution in [0.25, 0.3) is 16.5 Å². The normalized spacial score (nSPS) is 16.8. The molecule has 1 saturated heterocycles. The lowest BCUT2D eigenvalue weighted by atomic mass is 9.97. The Labute approximate surface area is 213 Å². The minimum Gasteiger partial charge on any atom is -0.507 e. The second-order valence-electron chi connectivity index (χ2n) is 8.63. The van der Waals surface area contributed by atoms with Crippen molar-refractivity contribution < 1.29 is 24.2 Å². The molecule has 1 aromatic heterocycles. The summed E-state index contributed by atoms with van der Waals surface area (Å²) in [6.45, 7) is 2.04. The number of hydrogen-bond acceptors (Lipinski definition) is 6. The largest absolute Gasteiger partial charge is 0.507 e. The summed E-state index contributed by atoms with van der Waals surface area (Å²) < 4.78 is 5.00. The zero-order valence-corrected chi connectivity index (χ0v) is 20.1. The first-order chi connectivity index (χ1) is 18.0. The third-order valence-corrected chi connectivity index (χ3v) is 6.30. The molecule has 1 unspecified atom stereocenters. The first-order valence-electron chi connectivity index (χ1n) is 11.9. The molecule has 37 heavy (non-hydrogen) atoms. The average Bonchev–Trinajstić information content (AvgIpc) is 3.19. The van der Waals surface area contributed by atoms with Crippen LogP contribution in [0, 0.1) is 0 Å². The average molecular weight is 493 g/mol. The smallest absolute Gasteiger partial charge is 0.310 e. The Morgan fingerprint density at radius 3 is 2.38 bits per heavy atom. The van der Waals surface area contributed by atoms with Gasteiger partial charge in [0.2, 0.25) is 0 Å². The summed E-state index contributed by atoms with van der Waals surface area (Å²) in [7, 11) is 0. The Morgan fingerprint density at radius 2 is 1.68 bits per heavy atom. The minimum absolute atomic E-state index is 0.0328. The van der Waals surface area contributed by atoms with E-state index in [4.69, 9.17) is 4.74 Å². The van der Waals surface area contributed by atoms with Crippen molar-refractivity contribution in [1.82, 2.24) is 4.98 Å². The van der Waals surface area contributed by atoms with Gasteiger partial charge >= 0.3 is 5.97 Å². The molecule has 1 amide bonds. The zero-order chi connectivity index (χ0) is 25.9. The van der Waals surface area contributed by atoms with Crippen LogP contribution < -0.4 is 4.90 Å². The fourth-order valence-electron chi connectivity index (χ4n) is 4.56. The molecule has 1 N–H and O–H groups in total. The lowest BCUT2D eigenvalue weighted by molar-refractivity contribution is -0.142. The summed E-state index contributed by atoms with van der Waals surface area (Å²) in [6, 6.07) is 24.1. The van der Waals surface area contributed by atoms with E-state index in [1.54, 1.807) is 67.7 Å². The van der Waals surface area contributed by atoms with Gasteiger partial charge < -0.3 is 9.84 Å². The van der Waals surface area contributed by atoms with Crippen molar-refractivity contribution in [2.45, 2.75) is 19.4 Å². The quantitative estimate of drug-likeness (QED) is 0.177. The van der Waals surface area contributed by atoms with Crippen LogP contribution in [0.5, 0.6) is 0 Å². The topological polar surface area (TPSA) is 96.8 Å². The van der Waals surface area contributed by atoms with Crippen LogP contribution in [0.3, 0.4) is 0 Å². The highest BCUT2D eigenvalue weighted by molar-refractivity contribution is 6.51. The van der Waals surface area contributed by atoms with Crippen molar-refractivity contribution >= 4 is 39.9 Å². The Balaban J connectivity index is 1.60. The van der Waals surface area contributed by atoms with Crippen molar-refractivity contribution in [3.05, 3.63) is 114 Å². The number of ketones is 1. The molecule has 7 heteroatoms. The summed E-state index contributed by atoms with van der Waals surface area (Å²) in [5.74, 6) is -2.17. The Hall–Kier alpha value is -4.78. The van der Waals surface area contributed by atoms with Gasteiger partial charge in [-0.3, -0.25) is 24.3 Å². The van der Waals surface area contributed by atoms with Crippen molar-refractivity contribution in [1.29, 1.82) is 0 Å². The van der Waals surface area contributed by atoms with Crippen LogP contribution in [0.2, 0.25) is 0 Å². The fraction of sp³-hybridized carbons (Fsp3) is 0.133. The molecule has 0 radical (unpaired) electrons. The first-order valence-corrected chi connectivity index (χ1v) is 11.9. The molecule has 7 nitrogen and oxygen atoms in total. The van der Waals surface area contributed by atoms with Gasteiger partial charge in [0.1, 0.15) is 11.8 Å². The molecular formula is C30H24N2O5. The molecule has 1 aliphatic rings. The predicted molar refractivity (Wildman–Crippen MR) is 140 cm³/mol. The monoisotopic (exact) mass is 492 g/mol. The number of aromatic nitrogens is 1. The molecule has 1 aliphatic heterocycles. The van der Waals surface area contributed by atoms with E-state index in [2.05, 4.69) is 4.98 Å². The summed E-state index contributed by atoms with van der Waals surface area (Å²) in [5.41, 5.74) is 2.00. The second kappa shape index (κ2) is 10.1. The number of carbonyl (C=O) groups is 3. The highest BCUT2D eigenvalue weighted by atomic mass is 16.5. The van der Waals surface area contributed by atoms with Gasteiger partial charge in [0.05, 0.1) is 24.3 Å². The number of esters is 1. The second-order valence-corrected chi connectivity index (χ2v) is 8.63. The van der Waals surface area contributed by atoms with Gasteiger partial charge in [-0.05, 0) is 53.6 Å². The van der Waals surface area contributed by atoms with E-state index in [-0.39, 0.29) is 23.7 Å². The molecule has 2 heterocycles. The van der Waals surface area contributed by atoms with Gasteiger partial charge in [-0.25, -0.2) is 0 Å². The number of pyridine rings is 1. The number of Topliss-reactive ketones (excluding diaryl/α,β-unsaturated/α-hetero) is 1. The van der Waals surface area contributed by atoms with Gasteiger partial charge in [-0.2, -0.15) is 0 Å². The van der Waals surface area contributed by atoms with Crippen LogP contribution in [0.15, 0.2) is 96.7 Å². The van der Waals surface area contributed by atoms with Crippen LogP contribution in [0.4, 0.5) is 5.69 Å². The standard InChI is InChI=1S/C30H24N2O5/c1-2-37-25(33)17-19-10-14-23(15-11-19)32-27(24-9-5-6-16-31-24)26(29(35)30(32)36)28(34)22-13-12-20-7-3-4-8-21(20)18-22/h3-16,18,27,34H,2,17H2,1H3/b28-26-. The Bertz CT molecular complexity index is 1530. The number of nitrogens with zero attached hydrogens (tertiary/aromatic N) is 2. The number of benzene rings is 3. The molecule has 1 atom stereocenters. The SMILES string of the molecule is CCOC(=O)Cc1ccc(N2C(=O)C(=O)/C(=C(\O)c3ccc4ccccc4c3)C2c2ccccn2)cc1. The van der Waals surface area contributed by atoms with Gasteiger partial charge in [-0.15, -0.1) is 0 Å². The highest BCUT2D eigenvalue weighted by Crippen LogP contribution is 2.41. The molecule has 0 spiro atoms. The Kier molecular flexibility index (Phi) is 6.51. The molecule has 0 saturated carbocycles. The summed E-state index contributed by atoms with van der Waals surface area (Å²) >= 11 is 0. The van der Waals surface area contributed by atoms with E-state index < -0.39 is 17.7 Å². The lowest BCUT2D eigenvalue weighted by Gasteiger charge is -2.24. The fourth-order valence-corrected chi connectivity index (χ4v) is 4.56. The molecule has 184 valence electrons. The molecular weight excluding hydrogens is 468 g/mol. The molecule has 3 aromatic carbocycles. The van der Waals surface area contributed by atoms with Gasteiger partial charge in [0.15, 0.2) is 0 Å². The minimum atomic E-state index is -0.927. The zero-order valence-electron chi connectivity index (χ0n) is 20.1. The third-order valence-electron chi connectivity index (χ3n) is 6.30. The van der Waals surface area contributed by atoms with Crippen molar-refractivity contribution in [3.63, 3.8) is 0 Å². The summed E-state index contributed by atoms with van der Waals surface area (Å²) in [6.07, 6.45) is 1.67. The number of carbonyl (C=O) groups excluding carboxylic acids is 3. The van der Waals surface area contributed by atoms with Crippen LogP contribution >= 0.6 is 0 Å². The number of rotatable bonds is 6. The molecule has 0 bridgehead atoms. The lowest BCUT2D eigenvalue weighted by Crippen LogP contribution is -2.29. The summed E-state index contributed by atoms with van der Waals surface area (Å²) in [5, 5.41) is 13.2. The maximum Gasteiger partial charge on any atom is 0.310 e. The van der Waals surface area contributed by atoms with Crippen LogP contribution in [-0.2, 0) is 25.5 Å². The number of aliphatic hydroxyl groups is 1. The number of amides is 1. The maximum absolute atomic E-state index is 13.3. The van der Waals surface area contributed by atoms with Gasteiger partial charge in [0, 0.05) is 17.4 Å². The number of aliphatic hydroxyl groups excluding tert-OH is 1. The molecule has 5 rings (SSSR count). The first kappa shape index (κ1) is 23.9. The number of fused-ring (bicyclic) bond motifs is 1. The number of hydrogen-bond donors (Lipinski definition) is 1. The molecule has 0 aliphatic carbocycles. The van der Waals surface area contributed by atoms with E-state index in [1.807, 2.05) is 30.3 Å². The third kappa shape index (κ3) is 4.59. The van der Waals surface area contributed by atoms with E-state index in [0.29, 0.717) is 29.1 Å². The number of ether oxygens (including phenoxy) is 1. The van der Waals surface area contributed by atoms with E-state index in [1.165, 1.54) is 4.90 Å². The van der Waals surface area contributed by atoms with E-state index in [9.17, 15) is 19.5 Å². The highest BCUT2D eigenvalue weighted by Gasteiger charge is 2.47. The van der Waals surface area contributed by atoms with Gasteiger partial charge in [0.25, 0.3) is 11.7 Å². The maximum atomic E-state index is 13.3. The van der Waals surface area contributed by atoms with Crippen molar-refractivity contribution in [2.75, 3.05) is 11.5 Å². The van der Waals surface area contributed by atoms with Gasteiger partial charge in [-0.1, -0.05) is 54.6 Å². The van der Waals surface area contributed by atoms with E-state index >= 15 is 0 Å². The van der Waals surface area contributed by atoms with Crippen molar-refractivity contribution in [3.8, 4) is 0 Å². The van der Waals surface area contributed by atoms with Crippen LogP contribution in [-0.4, -0.2) is 34.4 Å². The van der Waals surface area contributed by atoms with E-state index in [0.717, 1.165) is 10.8 Å². The molecule has 4 aromatic rings. The summed E-state index contributed by atoms with van der Waals surface area (Å²) in [4.78, 5) is 44.3. The predicted octanol–water partition coefficient (Wildman–Crippen LogP) is 4.97.